The minimum absolute atomic E-state index is 0.00707. The first-order valence-corrected chi connectivity index (χ1v) is 8.02. The van der Waals surface area contributed by atoms with Crippen molar-refractivity contribution in [3.8, 4) is 0 Å². The Kier molecular flexibility index (Phi) is 7.54. The van der Waals surface area contributed by atoms with Gasteiger partial charge in [0.15, 0.2) is 6.54 Å². The molecule has 1 aromatic rings. The number of quaternary nitrogens is 1. The highest BCUT2D eigenvalue weighted by atomic mass is 16.2. The van der Waals surface area contributed by atoms with Crippen LogP contribution in [-0.2, 0) is 11.3 Å². The molecular weight excluding hydrogens is 292 g/mol. The summed E-state index contributed by atoms with van der Waals surface area (Å²) in [4.78, 5) is 26.6. The molecule has 6 heteroatoms. The van der Waals surface area contributed by atoms with Gasteiger partial charge < -0.3 is 15.1 Å². The van der Waals surface area contributed by atoms with Crippen molar-refractivity contribution in [2.75, 3.05) is 32.1 Å². The maximum Gasteiger partial charge on any atom is 0.321 e. The molecule has 1 atom stereocenters. The number of carbonyl (C=O) groups excluding carboxylic acids is 2. The Morgan fingerprint density at radius 3 is 2.26 bits per heavy atom. The summed E-state index contributed by atoms with van der Waals surface area (Å²) in [5, 5.41) is 5.02. The van der Waals surface area contributed by atoms with Crippen LogP contribution in [0.15, 0.2) is 24.3 Å². The summed E-state index contributed by atoms with van der Waals surface area (Å²) >= 11 is 0. The van der Waals surface area contributed by atoms with E-state index in [1.54, 1.807) is 0 Å². The number of nitrogens with one attached hydrogen (secondary N) is 3. The Hall–Kier alpha value is -2.08. The van der Waals surface area contributed by atoms with Crippen LogP contribution in [0.2, 0.25) is 0 Å². The fraction of sp³-hybridized carbons (Fsp3) is 0.529. The quantitative estimate of drug-likeness (QED) is 0.681. The van der Waals surface area contributed by atoms with Crippen molar-refractivity contribution in [1.29, 1.82) is 0 Å². The standard InChI is InChI=1S/C17H28N4O2/c1-6-21(12-16(22)19-17(23)18-13(2)3)11-14-7-9-15(10-8-14)20(4)5/h7-10,13H,6,11-12H2,1-5H3,(H2,18,19,22,23)/p+1. The van der Waals surface area contributed by atoms with E-state index in [0.29, 0.717) is 0 Å². The maximum absolute atomic E-state index is 11.9. The summed E-state index contributed by atoms with van der Waals surface area (Å²) in [6.45, 7) is 7.58. The lowest BCUT2D eigenvalue weighted by atomic mass is 10.2. The molecule has 128 valence electrons. The Labute approximate surface area is 138 Å². The number of amides is 3. The second-order valence-corrected chi connectivity index (χ2v) is 6.19. The third-order valence-corrected chi connectivity index (χ3v) is 3.49. The molecule has 0 aromatic heterocycles. The number of likely N-dealkylation sites (N-methyl/N-ethyl adjacent to an activating group) is 1. The van der Waals surface area contributed by atoms with E-state index in [0.717, 1.165) is 23.7 Å². The van der Waals surface area contributed by atoms with Crippen LogP contribution < -0.4 is 20.4 Å². The lowest BCUT2D eigenvalue weighted by molar-refractivity contribution is -0.904. The fourth-order valence-electron chi connectivity index (χ4n) is 2.21. The van der Waals surface area contributed by atoms with Crippen LogP contribution >= 0.6 is 0 Å². The van der Waals surface area contributed by atoms with Crippen LogP contribution in [-0.4, -0.2) is 45.2 Å². The molecule has 0 radical (unpaired) electrons. The average Bonchev–Trinajstić information content (AvgIpc) is 2.45. The van der Waals surface area contributed by atoms with Gasteiger partial charge in [0.05, 0.1) is 6.54 Å². The van der Waals surface area contributed by atoms with E-state index in [-0.39, 0.29) is 18.5 Å². The lowest BCUT2D eigenvalue weighted by Gasteiger charge is -2.18. The van der Waals surface area contributed by atoms with Crippen molar-refractivity contribution in [3.63, 3.8) is 0 Å². The Morgan fingerprint density at radius 1 is 1.17 bits per heavy atom. The minimum atomic E-state index is -0.434. The van der Waals surface area contributed by atoms with Gasteiger partial charge in [0, 0.05) is 31.4 Å². The largest absolute Gasteiger partial charge is 0.378 e. The molecule has 0 aliphatic carbocycles. The first-order chi connectivity index (χ1) is 10.8. The fourth-order valence-corrected chi connectivity index (χ4v) is 2.21. The van der Waals surface area contributed by atoms with Crippen molar-refractivity contribution < 1.29 is 14.5 Å². The van der Waals surface area contributed by atoms with Crippen molar-refractivity contribution in [2.45, 2.75) is 33.4 Å². The topological polar surface area (TPSA) is 65.9 Å². The van der Waals surface area contributed by atoms with Gasteiger partial charge in [0.1, 0.15) is 6.54 Å². The highest BCUT2D eigenvalue weighted by Gasteiger charge is 2.16. The molecule has 0 aliphatic heterocycles. The van der Waals surface area contributed by atoms with Crippen LogP contribution in [0, 0.1) is 0 Å². The normalized spacial score (nSPS) is 11.9. The number of benzene rings is 1. The average molecular weight is 321 g/mol. The number of carbonyl (C=O) groups is 2. The first-order valence-electron chi connectivity index (χ1n) is 8.02. The van der Waals surface area contributed by atoms with Gasteiger partial charge in [-0.15, -0.1) is 0 Å². The summed E-state index contributed by atoms with van der Waals surface area (Å²) in [6, 6.07) is 7.86. The zero-order chi connectivity index (χ0) is 17.4. The molecule has 0 saturated carbocycles. The highest BCUT2D eigenvalue weighted by Crippen LogP contribution is 2.11. The smallest absolute Gasteiger partial charge is 0.321 e. The zero-order valence-electron chi connectivity index (χ0n) is 14.8. The summed E-state index contributed by atoms with van der Waals surface area (Å²) in [5.41, 5.74) is 2.32. The summed E-state index contributed by atoms with van der Waals surface area (Å²) < 4.78 is 0. The van der Waals surface area contributed by atoms with Crippen LogP contribution in [0.4, 0.5) is 10.5 Å². The highest BCUT2D eigenvalue weighted by molar-refractivity contribution is 5.94. The number of hydrogen-bond donors (Lipinski definition) is 3. The zero-order valence-corrected chi connectivity index (χ0v) is 14.8. The number of urea groups is 1. The van der Waals surface area contributed by atoms with E-state index in [2.05, 4.69) is 39.8 Å². The van der Waals surface area contributed by atoms with Crippen LogP contribution in [0.5, 0.6) is 0 Å². The van der Waals surface area contributed by atoms with Gasteiger partial charge in [-0.2, -0.15) is 0 Å². The second-order valence-electron chi connectivity index (χ2n) is 6.19. The van der Waals surface area contributed by atoms with Crippen molar-refractivity contribution >= 4 is 17.6 Å². The third kappa shape index (κ3) is 7.15. The molecule has 1 unspecified atom stereocenters. The van der Waals surface area contributed by atoms with Crippen LogP contribution in [0.1, 0.15) is 26.3 Å². The molecule has 1 rings (SSSR count). The molecule has 0 saturated heterocycles. The van der Waals surface area contributed by atoms with Gasteiger partial charge >= 0.3 is 6.03 Å². The van der Waals surface area contributed by atoms with Gasteiger partial charge in [-0.3, -0.25) is 10.1 Å². The van der Waals surface area contributed by atoms with Crippen LogP contribution in [0.3, 0.4) is 0 Å². The van der Waals surface area contributed by atoms with Crippen molar-refractivity contribution in [2.24, 2.45) is 0 Å². The van der Waals surface area contributed by atoms with E-state index < -0.39 is 6.03 Å². The number of hydrogen-bond acceptors (Lipinski definition) is 3. The first kappa shape index (κ1) is 19.0. The molecular formula is C17H29N4O2+. The predicted octanol–water partition coefficient (Wildman–Crippen LogP) is 0.392. The molecule has 23 heavy (non-hydrogen) atoms. The van der Waals surface area contributed by atoms with E-state index in [4.69, 9.17) is 0 Å². The number of rotatable bonds is 7. The lowest BCUT2D eigenvalue weighted by Crippen LogP contribution is -3.11. The second kappa shape index (κ2) is 9.15. The molecule has 3 N–H and O–H groups in total. The Bertz CT molecular complexity index is 512. The van der Waals surface area contributed by atoms with E-state index in [1.165, 1.54) is 5.56 Å². The predicted molar refractivity (Wildman–Crippen MR) is 92.7 cm³/mol. The maximum atomic E-state index is 11.9. The number of anilines is 1. The number of nitrogens with zero attached hydrogens (tertiary/aromatic N) is 1. The Morgan fingerprint density at radius 2 is 1.78 bits per heavy atom. The van der Waals surface area contributed by atoms with Gasteiger partial charge in [-0.25, -0.2) is 4.79 Å². The summed E-state index contributed by atoms with van der Waals surface area (Å²) in [7, 11) is 4.01. The molecule has 0 heterocycles. The molecule has 6 nitrogen and oxygen atoms in total. The summed E-state index contributed by atoms with van der Waals surface area (Å²) in [6.07, 6.45) is 0. The van der Waals surface area contributed by atoms with Gasteiger partial charge in [-0.1, -0.05) is 12.1 Å². The van der Waals surface area contributed by atoms with E-state index in [9.17, 15) is 9.59 Å². The third-order valence-electron chi connectivity index (χ3n) is 3.49. The van der Waals surface area contributed by atoms with E-state index in [1.807, 2.05) is 34.9 Å². The molecule has 3 amide bonds. The van der Waals surface area contributed by atoms with Crippen molar-refractivity contribution in [1.82, 2.24) is 10.6 Å². The molecule has 0 aliphatic rings. The van der Waals surface area contributed by atoms with Gasteiger partial charge in [0.25, 0.3) is 5.91 Å². The monoisotopic (exact) mass is 321 g/mol. The molecule has 0 bridgehead atoms. The minimum Gasteiger partial charge on any atom is -0.378 e. The Balaban J connectivity index is 2.53. The van der Waals surface area contributed by atoms with Gasteiger partial charge in [-0.05, 0) is 32.9 Å². The molecule has 0 fully saturated rings. The van der Waals surface area contributed by atoms with E-state index >= 15 is 0 Å². The van der Waals surface area contributed by atoms with Gasteiger partial charge in [0.2, 0.25) is 0 Å². The SMILES string of the molecule is CC[NH+](CC(=O)NC(=O)NC(C)C)Cc1ccc(N(C)C)cc1. The number of imide groups is 1. The summed E-state index contributed by atoms with van der Waals surface area (Å²) in [5.74, 6) is -0.259. The van der Waals surface area contributed by atoms with Crippen LogP contribution in [0.25, 0.3) is 0 Å². The van der Waals surface area contributed by atoms with Crippen molar-refractivity contribution in [3.05, 3.63) is 29.8 Å². The molecule has 0 spiro atoms. The molecule has 1 aromatic carbocycles.